The van der Waals surface area contributed by atoms with Gasteiger partial charge in [-0.25, -0.2) is 0 Å². The molecule has 0 saturated carbocycles. The third kappa shape index (κ3) is 4.15. The number of benzene rings is 4. The van der Waals surface area contributed by atoms with Gasteiger partial charge in [-0.15, -0.1) is 5.73 Å². The fourth-order valence-corrected chi connectivity index (χ4v) is 3.10. The third-order valence-corrected chi connectivity index (χ3v) is 4.53. The smallest absolute Gasteiger partial charge is 0.0309 e. The van der Waals surface area contributed by atoms with Crippen molar-refractivity contribution in [2.45, 2.75) is 0 Å². The Labute approximate surface area is 160 Å². The molecule has 0 bridgehead atoms. The number of hydrogen-bond donors (Lipinski definition) is 0. The van der Waals surface area contributed by atoms with E-state index in [0.29, 0.717) is 0 Å². The highest BCUT2D eigenvalue weighted by atomic mass is 14.1. The van der Waals surface area contributed by atoms with Crippen molar-refractivity contribution in [1.82, 2.24) is 0 Å². The highest BCUT2D eigenvalue weighted by Crippen LogP contribution is 2.26. The topological polar surface area (TPSA) is 0 Å². The van der Waals surface area contributed by atoms with E-state index in [0.717, 1.165) is 22.3 Å². The lowest BCUT2D eigenvalue weighted by molar-refractivity contribution is 1.54. The lowest BCUT2D eigenvalue weighted by Gasteiger charge is -2.08. The van der Waals surface area contributed by atoms with E-state index < -0.39 is 0 Å². The van der Waals surface area contributed by atoms with Crippen LogP contribution in [0.4, 0.5) is 0 Å². The minimum absolute atomic E-state index is 1.10. The zero-order chi connectivity index (χ0) is 18.3. The van der Waals surface area contributed by atoms with Gasteiger partial charge < -0.3 is 0 Å². The molecule has 0 aliphatic carbocycles. The third-order valence-electron chi connectivity index (χ3n) is 4.53. The predicted molar refractivity (Wildman–Crippen MR) is 115 cm³/mol. The van der Waals surface area contributed by atoms with Crippen molar-refractivity contribution in [3.8, 4) is 11.1 Å². The van der Waals surface area contributed by atoms with Crippen LogP contribution < -0.4 is 0 Å². The van der Waals surface area contributed by atoms with Crippen molar-refractivity contribution in [1.29, 1.82) is 0 Å². The second-order valence-electron chi connectivity index (χ2n) is 6.38. The van der Waals surface area contributed by atoms with Gasteiger partial charge in [0, 0.05) is 5.57 Å². The SMILES string of the molecule is C(=Cc1ccccc1)=C(c1ccccc1)c1ccc(-c2ccccc2)cc1. The number of rotatable bonds is 4. The molecule has 4 aromatic carbocycles. The zero-order valence-electron chi connectivity index (χ0n) is 15.0. The van der Waals surface area contributed by atoms with Gasteiger partial charge in [0.05, 0.1) is 0 Å². The molecule has 0 fully saturated rings. The summed E-state index contributed by atoms with van der Waals surface area (Å²) < 4.78 is 0. The highest BCUT2D eigenvalue weighted by Gasteiger charge is 2.05. The van der Waals surface area contributed by atoms with E-state index in [1.165, 1.54) is 11.1 Å². The fraction of sp³-hybridized carbons (Fsp3) is 0. The molecule has 0 heterocycles. The minimum atomic E-state index is 1.10. The van der Waals surface area contributed by atoms with Crippen LogP contribution in [-0.2, 0) is 0 Å². The van der Waals surface area contributed by atoms with E-state index >= 15 is 0 Å². The average Bonchev–Trinajstić information content (AvgIpc) is 2.76. The monoisotopic (exact) mass is 344 g/mol. The molecule has 0 saturated heterocycles. The van der Waals surface area contributed by atoms with Gasteiger partial charge in [-0.3, -0.25) is 0 Å². The largest absolute Gasteiger partial charge is 0.111 e. The Morgan fingerprint density at radius 3 is 1.59 bits per heavy atom. The van der Waals surface area contributed by atoms with Crippen LogP contribution in [0, 0.1) is 0 Å². The molecule has 4 rings (SSSR count). The van der Waals surface area contributed by atoms with E-state index in [2.05, 4.69) is 90.7 Å². The Balaban J connectivity index is 1.76. The standard InChI is InChI=1S/C27H20/c1-4-10-22(11-5-1)16-21-27(25-14-8-3-9-15-25)26-19-17-24(18-20-26)23-12-6-2-7-13-23/h1-20H. The first-order valence-electron chi connectivity index (χ1n) is 9.13. The molecule has 0 spiro atoms. The molecule has 0 aliphatic heterocycles. The van der Waals surface area contributed by atoms with Crippen LogP contribution in [-0.4, -0.2) is 0 Å². The molecular formula is C27H20. The minimum Gasteiger partial charge on any atom is -0.111 e. The van der Waals surface area contributed by atoms with Crippen LogP contribution in [0.1, 0.15) is 16.7 Å². The highest BCUT2D eigenvalue weighted by molar-refractivity contribution is 5.82. The lowest BCUT2D eigenvalue weighted by Crippen LogP contribution is -1.87. The van der Waals surface area contributed by atoms with Gasteiger partial charge in [-0.1, -0.05) is 115 Å². The molecule has 0 radical (unpaired) electrons. The van der Waals surface area contributed by atoms with Crippen LogP contribution in [0.5, 0.6) is 0 Å². The second kappa shape index (κ2) is 8.19. The van der Waals surface area contributed by atoms with Crippen molar-refractivity contribution in [3.05, 3.63) is 138 Å². The Hall–Kier alpha value is -3.60. The summed E-state index contributed by atoms with van der Waals surface area (Å²) in [5.74, 6) is 0. The van der Waals surface area contributed by atoms with E-state index in [9.17, 15) is 0 Å². The Morgan fingerprint density at radius 2 is 0.963 bits per heavy atom. The summed E-state index contributed by atoms with van der Waals surface area (Å²) in [6.07, 6.45) is 2.05. The maximum Gasteiger partial charge on any atom is 0.0309 e. The van der Waals surface area contributed by atoms with Gasteiger partial charge in [0.1, 0.15) is 0 Å². The molecule has 0 unspecified atom stereocenters. The van der Waals surface area contributed by atoms with Gasteiger partial charge >= 0.3 is 0 Å². The summed E-state index contributed by atoms with van der Waals surface area (Å²) >= 11 is 0. The van der Waals surface area contributed by atoms with Gasteiger partial charge in [0.25, 0.3) is 0 Å². The maximum absolute atomic E-state index is 3.52. The average molecular weight is 344 g/mol. The Kier molecular flexibility index (Phi) is 5.11. The summed E-state index contributed by atoms with van der Waals surface area (Å²) in [6.45, 7) is 0. The predicted octanol–water partition coefficient (Wildman–Crippen LogP) is 7.10. The van der Waals surface area contributed by atoms with Gasteiger partial charge in [0.15, 0.2) is 0 Å². The van der Waals surface area contributed by atoms with Crippen molar-refractivity contribution in [2.24, 2.45) is 0 Å². The summed E-state index contributed by atoms with van der Waals surface area (Å²) in [7, 11) is 0. The molecule has 0 N–H and O–H groups in total. The van der Waals surface area contributed by atoms with Crippen LogP contribution in [0.15, 0.2) is 121 Å². The first-order chi connectivity index (χ1) is 13.4. The van der Waals surface area contributed by atoms with Crippen molar-refractivity contribution < 1.29 is 0 Å². The van der Waals surface area contributed by atoms with Crippen LogP contribution in [0.2, 0.25) is 0 Å². The van der Waals surface area contributed by atoms with Crippen molar-refractivity contribution in [3.63, 3.8) is 0 Å². The maximum atomic E-state index is 3.52. The molecule has 4 aromatic rings. The first kappa shape index (κ1) is 16.8. The zero-order valence-corrected chi connectivity index (χ0v) is 15.0. The second-order valence-corrected chi connectivity index (χ2v) is 6.38. The van der Waals surface area contributed by atoms with Crippen molar-refractivity contribution >= 4 is 11.6 Å². The normalized spacial score (nSPS) is 10.1. The molecule has 0 aromatic heterocycles. The molecule has 0 heteroatoms. The summed E-state index contributed by atoms with van der Waals surface area (Å²) in [4.78, 5) is 0. The number of hydrogen-bond acceptors (Lipinski definition) is 0. The van der Waals surface area contributed by atoms with E-state index in [1.807, 2.05) is 36.4 Å². The van der Waals surface area contributed by atoms with Gasteiger partial charge in [-0.2, -0.15) is 0 Å². The molecular weight excluding hydrogens is 324 g/mol. The lowest BCUT2D eigenvalue weighted by atomic mass is 9.96. The van der Waals surface area contributed by atoms with Crippen LogP contribution in [0.25, 0.3) is 22.8 Å². The summed E-state index contributed by atoms with van der Waals surface area (Å²) in [6, 6.07) is 39.9. The molecule has 128 valence electrons. The van der Waals surface area contributed by atoms with Crippen LogP contribution >= 0.6 is 0 Å². The van der Waals surface area contributed by atoms with Crippen molar-refractivity contribution in [2.75, 3.05) is 0 Å². The van der Waals surface area contributed by atoms with Gasteiger partial charge in [-0.05, 0) is 33.9 Å². The molecule has 0 aliphatic rings. The fourth-order valence-electron chi connectivity index (χ4n) is 3.10. The summed E-state index contributed by atoms with van der Waals surface area (Å²) in [5.41, 5.74) is 10.5. The molecule has 27 heavy (non-hydrogen) atoms. The van der Waals surface area contributed by atoms with E-state index in [4.69, 9.17) is 0 Å². The van der Waals surface area contributed by atoms with E-state index in [-0.39, 0.29) is 0 Å². The molecule has 0 atom stereocenters. The summed E-state index contributed by atoms with van der Waals surface area (Å²) in [5, 5.41) is 0. The Morgan fingerprint density at radius 1 is 0.481 bits per heavy atom. The van der Waals surface area contributed by atoms with E-state index in [1.54, 1.807) is 0 Å². The van der Waals surface area contributed by atoms with Crippen LogP contribution in [0.3, 0.4) is 0 Å². The van der Waals surface area contributed by atoms with Gasteiger partial charge in [0.2, 0.25) is 0 Å². The molecule has 0 amide bonds. The first-order valence-corrected chi connectivity index (χ1v) is 9.13. The quantitative estimate of drug-likeness (QED) is 0.346. The molecule has 0 nitrogen and oxygen atoms in total. The Bertz CT molecular complexity index is 1050.